The normalized spacial score (nSPS) is 23.6. The number of carbonyl (C=O) groups excluding carboxylic acids is 2. The summed E-state index contributed by atoms with van der Waals surface area (Å²) < 4.78 is 5.15. The molecule has 1 heterocycles. The van der Waals surface area contributed by atoms with E-state index in [2.05, 4.69) is 0 Å². The predicted octanol–water partition coefficient (Wildman–Crippen LogP) is 2.14. The molecule has 126 valence electrons. The Bertz CT molecular complexity index is 611. The van der Waals surface area contributed by atoms with Gasteiger partial charge in [0.1, 0.15) is 0 Å². The molecular weight excluding hydrogens is 294 g/mol. The van der Waals surface area contributed by atoms with Crippen molar-refractivity contribution in [2.45, 2.75) is 32.8 Å². The van der Waals surface area contributed by atoms with Crippen LogP contribution in [-0.2, 0) is 4.74 Å². The van der Waals surface area contributed by atoms with Crippen molar-refractivity contribution in [2.75, 3.05) is 26.8 Å². The summed E-state index contributed by atoms with van der Waals surface area (Å²) in [5.41, 5.74) is -0.596. The van der Waals surface area contributed by atoms with E-state index < -0.39 is 11.0 Å². The van der Waals surface area contributed by atoms with Crippen molar-refractivity contribution >= 4 is 11.7 Å². The van der Waals surface area contributed by atoms with Gasteiger partial charge in [-0.2, -0.15) is 0 Å². The Hall–Kier alpha value is -1.72. The Kier molecular flexibility index (Phi) is 4.92. The molecule has 1 aromatic rings. The van der Waals surface area contributed by atoms with E-state index in [1.165, 1.54) is 6.92 Å². The average molecular weight is 319 g/mol. The second-order valence-corrected chi connectivity index (χ2v) is 6.93. The van der Waals surface area contributed by atoms with Crippen LogP contribution in [0.25, 0.3) is 0 Å². The molecule has 0 unspecified atom stereocenters. The molecule has 0 aromatic heterocycles. The first-order valence-electron chi connectivity index (χ1n) is 7.82. The summed E-state index contributed by atoms with van der Waals surface area (Å²) >= 11 is 0. The van der Waals surface area contributed by atoms with E-state index in [0.717, 1.165) is 0 Å². The number of carbonyl (C=O) groups is 2. The van der Waals surface area contributed by atoms with Crippen LogP contribution in [0.5, 0.6) is 0 Å². The van der Waals surface area contributed by atoms with Crippen molar-refractivity contribution in [2.24, 2.45) is 5.41 Å². The van der Waals surface area contributed by atoms with Crippen LogP contribution in [0, 0.1) is 5.41 Å². The SMILES string of the molecule is COC[C@]1(O)CCN(C(=O)c2ccccc2C(C)=O)CC1(C)C. The number of ketones is 1. The molecule has 1 fully saturated rings. The van der Waals surface area contributed by atoms with E-state index in [-0.39, 0.29) is 18.3 Å². The number of nitrogens with zero attached hydrogens (tertiary/aromatic N) is 1. The molecule has 1 aliphatic rings. The van der Waals surface area contributed by atoms with E-state index in [1.54, 1.807) is 36.3 Å². The minimum Gasteiger partial charge on any atom is -0.387 e. The fourth-order valence-electron chi connectivity index (χ4n) is 3.19. The number of aliphatic hydroxyl groups is 1. The third-order valence-corrected chi connectivity index (χ3v) is 4.85. The lowest BCUT2D eigenvalue weighted by atomic mass is 9.70. The van der Waals surface area contributed by atoms with Gasteiger partial charge in [-0.25, -0.2) is 0 Å². The Morgan fingerprint density at radius 3 is 2.39 bits per heavy atom. The van der Waals surface area contributed by atoms with Crippen molar-refractivity contribution in [3.8, 4) is 0 Å². The van der Waals surface area contributed by atoms with Crippen LogP contribution < -0.4 is 0 Å². The number of likely N-dealkylation sites (tertiary alicyclic amines) is 1. The van der Waals surface area contributed by atoms with E-state index in [0.29, 0.717) is 30.6 Å². The molecule has 0 aliphatic carbocycles. The van der Waals surface area contributed by atoms with Gasteiger partial charge in [0.2, 0.25) is 0 Å². The largest absolute Gasteiger partial charge is 0.387 e. The van der Waals surface area contributed by atoms with Crippen molar-refractivity contribution in [1.82, 2.24) is 4.90 Å². The molecule has 2 rings (SSSR count). The number of hydrogen-bond donors (Lipinski definition) is 1. The molecule has 1 atom stereocenters. The molecule has 5 nitrogen and oxygen atoms in total. The zero-order chi connectivity index (χ0) is 17.3. The van der Waals surface area contributed by atoms with Gasteiger partial charge in [-0.3, -0.25) is 9.59 Å². The highest BCUT2D eigenvalue weighted by atomic mass is 16.5. The fourth-order valence-corrected chi connectivity index (χ4v) is 3.19. The summed E-state index contributed by atoms with van der Waals surface area (Å²) in [4.78, 5) is 26.3. The van der Waals surface area contributed by atoms with Crippen LogP contribution in [0.15, 0.2) is 24.3 Å². The van der Waals surface area contributed by atoms with Gasteiger partial charge in [0.25, 0.3) is 5.91 Å². The molecule has 0 radical (unpaired) electrons. The van der Waals surface area contributed by atoms with Gasteiger partial charge in [0, 0.05) is 31.2 Å². The lowest BCUT2D eigenvalue weighted by molar-refractivity contribution is -0.144. The molecule has 1 aliphatic heterocycles. The van der Waals surface area contributed by atoms with Gasteiger partial charge in [0.05, 0.1) is 17.8 Å². The van der Waals surface area contributed by atoms with Crippen molar-refractivity contribution in [3.63, 3.8) is 0 Å². The van der Waals surface area contributed by atoms with Crippen LogP contribution in [0.3, 0.4) is 0 Å². The molecule has 0 saturated carbocycles. The molecule has 1 saturated heterocycles. The highest BCUT2D eigenvalue weighted by Gasteiger charge is 2.48. The van der Waals surface area contributed by atoms with Gasteiger partial charge in [0.15, 0.2) is 5.78 Å². The summed E-state index contributed by atoms with van der Waals surface area (Å²) in [5.74, 6) is -0.288. The highest BCUT2D eigenvalue weighted by Crippen LogP contribution is 2.39. The maximum absolute atomic E-state index is 12.8. The topological polar surface area (TPSA) is 66.8 Å². The third kappa shape index (κ3) is 3.31. The number of amides is 1. The quantitative estimate of drug-likeness (QED) is 0.864. The van der Waals surface area contributed by atoms with E-state index in [4.69, 9.17) is 4.74 Å². The minimum atomic E-state index is -0.960. The lowest BCUT2D eigenvalue weighted by Gasteiger charge is -2.50. The van der Waals surface area contributed by atoms with Crippen molar-refractivity contribution < 1.29 is 19.4 Å². The molecule has 1 amide bonds. The first-order valence-corrected chi connectivity index (χ1v) is 7.82. The van der Waals surface area contributed by atoms with Gasteiger partial charge >= 0.3 is 0 Å². The maximum atomic E-state index is 12.8. The van der Waals surface area contributed by atoms with Crippen LogP contribution in [0.1, 0.15) is 47.9 Å². The van der Waals surface area contributed by atoms with Crippen molar-refractivity contribution in [1.29, 1.82) is 0 Å². The Labute approximate surface area is 137 Å². The lowest BCUT2D eigenvalue weighted by Crippen LogP contribution is -2.60. The fraction of sp³-hybridized carbons (Fsp3) is 0.556. The predicted molar refractivity (Wildman–Crippen MR) is 87.6 cm³/mol. The number of hydrogen-bond acceptors (Lipinski definition) is 4. The molecule has 0 spiro atoms. The summed E-state index contributed by atoms with van der Waals surface area (Å²) in [6.45, 7) is 6.42. The Morgan fingerprint density at radius 2 is 1.87 bits per heavy atom. The van der Waals surface area contributed by atoms with Gasteiger partial charge < -0.3 is 14.7 Å². The first kappa shape index (κ1) is 17.6. The van der Waals surface area contributed by atoms with Crippen LogP contribution >= 0.6 is 0 Å². The molecule has 23 heavy (non-hydrogen) atoms. The van der Waals surface area contributed by atoms with Crippen LogP contribution in [0.4, 0.5) is 0 Å². The standard InChI is InChI=1S/C18H25NO4/c1-13(20)14-7-5-6-8-15(14)16(21)19-10-9-18(22,12-23-4)17(2,3)11-19/h5-8,22H,9-12H2,1-4H3/t18-/m1/s1. The second-order valence-electron chi connectivity index (χ2n) is 6.93. The minimum absolute atomic E-state index is 0.124. The highest BCUT2D eigenvalue weighted by molar-refractivity contribution is 6.07. The number of rotatable bonds is 4. The number of Topliss-reactive ketones (excluding diaryl/α,β-unsaturated/α-hetero) is 1. The second kappa shape index (κ2) is 6.42. The van der Waals surface area contributed by atoms with Crippen molar-refractivity contribution in [3.05, 3.63) is 35.4 Å². The number of piperidine rings is 1. The maximum Gasteiger partial charge on any atom is 0.254 e. The smallest absolute Gasteiger partial charge is 0.254 e. The summed E-state index contributed by atoms with van der Waals surface area (Å²) in [6, 6.07) is 6.87. The first-order chi connectivity index (χ1) is 10.7. The number of ether oxygens (including phenoxy) is 1. The van der Waals surface area contributed by atoms with Gasteiger partial charge in [-0.1, -0.05) is 32.0 Å². The van der Waals surface area contributed by atoms with Gasteiger partial charge in [-0.05, 0) is 19.4 Å². The monoisotopic (exact) mass is 319 g/mol. The average Bonchev–Trinajstić information content (AvgIpc) is 2.49. The molecule has 5 heteroatoms. The van der Waals surface area contributed by atoms with E-state index in [9.17, 15) is 14.7 Å². The summed E-state index contributed by atoms with van der Waals surface area (Å²) in [7, 11) is 1.56. The zero-order valence-electron chi connectivity index (χ0n) is 14.3. The number of methoxy groups -OCH3 is 1. The molecular formula is C18H25NO4. The number of benzene rings is 1. The van der Waals surface area contributed by atoms with E-state index >= 15 is 0 Å². The Morgan fingerprint density at radius 1 is 1.26 bits per heavy atom. The summed E-state index contributed by atoms with van der Waals surface area (Å²) in [5, 5.41) is 10.8. The van der Waals surface area contributed by atoms with Gasteiger partial charge in [-0.15, -0.1) is 0 Å². The molecule has 0 bridgehead atoms. The third-order valence-electron chi connectivity index (χ3n) is 4.85. The van der Waals surface area contributed by atoms with E-state index in [1.807, 2.05) is 13.8 Å². The zero-order valence-corrected chi connectivity index (χ0v) is 14.3. The van der Waals surface area contributed by atoms with Crippen LogP contribution in [-0.4, -0.2) is 54.1 Å². The summed E-state index contributed by atoms with van der Waals surface area (Å²) in [6.07, 6.45) is 0.446. The van der Waals surface area contributed by atoms with Crippen LogP contribution in [0.2, 0.25) is 0 Å². The molecule has 1 N–H and O–H groups in total. The Balaban J connectivity index is 2.25. The molecule has 1 aromatic carbocycles.